The number of ether oxygens (including phenoxy) is 2. The van der Waals surface area contributed by atoms with Crippen LogP contribution in [0.5, 0.6) is 11.5 Å². The number of carbonyl (C=O) groups is 2. The van der Waals surface area contributed by atoms with Gasteiger partial charge in [0.25, 0.3) is 11.8 Å². The van der Waals surface area contributed by atoms with Gasteiger partial charge in [-0.15, -0.1) is 0 Å². The van der Waals surface area contributed by atoms with Crippen LogP contribution in [0.1, 0.15) is 36.5 Å². The molecule has 0 unspecified atom stereocenters. The normalized spacial score (nSPS) is 13.2. The lowest BCUT2D eigenvalue weighted by Crippen LogP contribution is -2.38. The Labute approximate surface area is 208 Å². The zero-order chi connectivity index (χ0) is 25.5. The number of rotatable bonds is 8. The van der Waals surface area contributed by atoms with Gasteiger partial charge in [0, 0.05) is 30.3 Å². The van der Waals surface area contributed by atoms with E-state index in [1.807, 2.05) is 0 Å². The first-order valence-corrected chi connectivity index (χ1v) is 12.0. The minimum atomic E-state index is -0.886. The Morgan fingerprint density at radius 2 is 1.67 bits per heavy atom. The number of likely N-dealkylation sites (tertiary alicyclic amines) is 1. The molecular formula is C28H28F2N2O4. The molecule has 188 valence electrons. The van der Waals surface area contributed by atoms with Crippen LogP contribution in [0.3, 0.4) is 0 Å². The van der Waals surface area contributed by atoms with Crippen molar-refractivity contribution in [3.05, 3.63) is 77.9 Å². The molecule has 3 aromatic rings. The highest BCUT2D eigenvalue weighted by Crippen LogP contribution is 2.33. The Balaban J connectivity index is 1.53. The fourth-order valence-electron chi connectivity index (χ4n) is 4.14. The van der Waals surface area contributed by atoms with Gasteiger partial charge in [0.1, 0.15) is 11.6 Å². The summed E-state index contributed by atoms with van der Waals surface area (Å²) in [7, 11) is 0. The van der Waals surface area contributed by atoms with Crippen LogP contribution in [0.15, 0.2) is 60.7 Å². The summed E-state index contributed by atoms with van der Waals surface area (Å²) in [6.07, 6.45) is 3.10. The van der Waals surface area contributed by atoms with Gasteiger partial charge in [-0.1, -0.05) is 30.3 Å². The monoisotopic (exact) mass is 494 g/mol. The summed E-state index contributed by atoms with van der Waals surface area (Å²) in [6, 6.07) is 15.1. The Morgan fingerprint density at radius 1 is 0.917 bits per heavy atom. The van der Waals surface area contributed by atoms with Crippen LogP contribution < -0.4 is 14.8 Å². The summed E-state index contributed by atoms with van der Waals surface area (Å²) < 4.78 is 40.1. The smallest absolute Gasteiger partial charge is 0.260 e. The minimum absolute atomic E-state index is 0.0980. The molecule has 1 heterocycles. The van der Waals surface area contributed by atoms with E-state index in [1.54, 1.807) is 48.2 Å². The second-order valence-electron chi connectivity index (χ2n) is 8.45. The van der Waals surface area contributed by atoms with Gasteiger partial charge in [0.2, 0.25) is 0 Å². The standard InChI is InChI=1S/C28H28F2N2O4/c1-2-35-25-15-20(11-12-24(25)36-18-26(33)32-13-7-4-8-14-32)28(34)31-27-22(16-21(29)17-23(27)30)19-9-5-3-6-10-19/h3,5-6,9-12,15-17H,2,4,7-8,13-14,18H2,1H3,(H,31,34). The molecule has 3 aromatic carbocycles. The zero-order valence-corrected chi connectivity index (χ0v) is 20.1. The number of hydrogen-bond acceptors (Lipinski definition) is 4. The molecule has 6 nitrogen and oxygen atoms in total. The number of nitrogens with one attached hydrogen (secondary N) is 1. The summed E-state index contributed by atoms with van der Waals surface area (Å²) in [5.74, 6) is -1.71. The van der Waals surface area contributed by atoms with E-state index >= 15 is 0 Å². The van der Waals surface area contributed by atoms with E-state index in [4.69, 9.17) is 9.47 Å². The van der Waals surface area contributed by atoms with Crippen LogP contribution in [0.4, 0.5) is 14.5 Å². The topological polar surface area (TPSA) is 67.9 Å². The summed E-state index contributed by atoms with van der Waals surface area (Å²) >= 11 is 0. The predicted octanol–water partition coefficient (Wildman–Crippen LogP) is 5.67. The maximum absolute atomic E-state index is 14.7. The van der Waals surface area contributed by atoms with Crippen molar-refractivity contribution in [3.63, 3.8) is 0 Å². The third-order valence-electron chi connectivity index (χ3n) is 5.94. The van der Waals surface area contributed by atoms with Gasteiger partial charge < -0.3 is 19.7 Å². The van der Waals surface area contributed by atoms with E-state index in [2.05, 4.69) is 5.32 Å². The van der Waals surface area contributed by atoms with Crippen LogP contribution in [-0.2, 0) is 4.79 Å². The van der Waals surface area contributed by atoms with Crippen LogP contribution >= 0.6 is 0 Å². The molecule has 0 aliphatic carbocycles. The fourth-order valence-corrected chi connectivity index (χ4v) is 4.14. The first kappa shape index (κ1) is 25.2. The molecule has 0 saturated carbocycles. The van der Waals surface area contributed by atoms with Gasteiger partial charge >= 0.3 is 0 Å². The minimum Gasteiger partial charge on any atom is -0.490 e. The maximum Gasteiger partial charge on any atom is 0.260 e. The SMILES string of the molecule is CCOc1cc(C(=O)Nc2c(F)cc(F)cc2-c2ccccc2)ccc1OCC(=O)N1CCCCC1. The summed E-state index contributed by atoms with van der Waals surface area (Å²) in [5.41, 5.74) is 0.847. The highest BCUT2D eigenvalue weighted by atomic mass is 19.1. The van der Waals surface area contributed by atoms with Gasteiger partial charge in [0.15, 0.2) is 18.1 Å². The lowest BCUT2D eigenvalue weighted by atomic mass is 10.0. The maximum atomic E-state index is 14.7. The van der Waals surface area contributed by atoms with E-state index in [0.717, 1.165) is 38.4 Å². The summed E-state index contributed by atoms with van der Waals surface area (Å²) in [6.45, 7) is 3.42. The van der Waals surface area contributed by atoms with Gasteiger partial charge in [0.05, 0.1) is 12.3 Å². The predicted molar refractivity (Wildman–Crippen MR) is 133 cm³/mol. The van der Waals surface area contributed by atoms with Gasteiger partial charge in [-0.2, -0.15) is 0 Å². The van der Waals surface area contributed by atoms with Crippen molar-refractivity contribution in [1.29, 1.82) is 0 Å². The number of halogens is 2. The highest BCUT2D eigenvalue weighted by Gasteiger charge is 2.20. The van der Waals surface area contributed by atoms with Crippen LogP contribution in [-0.4, -0.2) is 43.0 Å². The molecular weight excluding hydrogens is 466 g/mol. The lowest BCUT2D eigenvalue weighted by molar-refractivity contribution is -0.134. The Bertz CT molecular complexity index is 1230. The zero-order valence-electron chi connectivity index (χ0n) is 20.1. The lowest BCUT2D eigenvalue weighted by Gasteiger charge is -2.26. The third-order valence-corrected chi connectivity index (χ3v) is 5.94. The average molecular weight is 495 g/mol. The molecule has 0 radical (unpaired) electrons. The molecule has 2 amide bonds. The second-order valence-corrected chi connectivity index (χ2v) is 8.45. The molecule has 0 aromatic heterocycles. The van der Waals surface area contributed by atoms with Crippen molar-refractivity contribution in [2.45, 2.75) is 26.2 Å². The molecule has 0 atom stereocenters. The van der Waals surface area contributed by atoms with Crippen molar-refractivity contribution in [2.75, 3.05) is 31.6 Å². The first-order valence-electron chi connectivity index (χ1n) is 12.0. The third kappa shape index (κ3) is 6.00. The number of amides is 2. The van der Waals surface area contributed by atoms with Gasteiger partial charge in [-0.05, 0) is 56.0 Å². The largest absolute Gasteiger partial charge is 0.490 e. The molecule has 4 rings (SSSR count). The quantitative estimate of drug-likeness (QED) is 0.438. The fraction of sp³-hybridized carbons (Fsp3) is 0.286. The molecule has 1 aliphatic rings. The van der Waals surface area contributed by atoms with Crippen LogP contribution in [0.25, 0.3) is 11.1 Å². The van der Waals surface area contributed by atoms with E-state index in [9.17, 15) is 18.4 Å². The Kier molecular flexibility index (Phi) is 8.15. The number of benzene rings is 3. The van der Waals surface area contributed by atoms with E-state index in [-0.39, 0.29) is 29.3 Å². The number of piperidine rings is 1. The van der Waals surface area contributed by atoms with Gasteiger partial charge in [-0.3, -0.25) is 9.59 Å². The number of anilines is 1. The van der Waals surface area contributed by atoms with Gasteiger partial charge in [-0.25, -0.2) is 8.78 Å². The molecule has 0 bridgehead atoms. The van der Waals surface area contributed by atoms with Crippen molar-refractivity contribution in [2.24, 2.45) is 0 Å². The summed E-state index contributed by atoms with van der Waals surface area (Å²) in [5, 5.41) is 2.57. The average Bonchev–Trinajstić information content (AvgIpc) is 2.90. The number of nitrogens with zero attached hydrogens (tertiary/aromatic N) is 1. The molecule has 1 saturated heterocycles. The van der Waals surface area contributed by atoms with Crippen molar-refractivity contribution >= 4 is 17.5 Å². The first-order chi connectivity index (χ1) is 17.5. The van der Waals surface area contributed by atoms with E-state index < -0.39 is 17.5 Å². The van der Waals surface area contributed by atoms with E-state index in [1.165, 1.54) is 18.2 Å². The van der Waals surface area contributed by atoms with Crippen molar-refractivity contribution in [3.8, 4) is 22.6 Å². The molecule has 1 fully saturated rings. The molecule has 1 aliphatic heterocycles. The number of hydrogen-bond donors (Lipinski definition) is 1. The molecule has 0 spiro atoms. The molecule has 36 heavy (non-hydrogen) atoms. The van der Waals surface area contributed by atoms with Crippen LogP contribution in [0, 0.1) is 11.6 Å². The molecule has 1 N–H and O–H groups in total. The Morgan fingerprint density at radius 3 is 2.39 bits per heavy atom. The Hall–Kier alpha value is -3.94. The summed E-state index contributed by atoms with van der Waals surface area (Å²) in [4.78, 5) is 27.3. The highest BCUT2D eigenvalue weighted by molar-refractivity contribution is 6.06. The van der Waals surface area contributed by atoms with Crippen molar-refractivity contribution < 1.29 is 27.8 Å². The van der Waals surface area contributed by atoms with Crippen LogP contribution in [0.2, 0.25) is 0 Å². The van der Waals surface area contributed by atoms with Crippen molar-refractivity contribution in [1.82, 2.24) is 4.90 Å². The van der Waals surface area contributed by atoms with E-state index in [0.29, 0.717) is 23.7 Å². The number of carbonyl (C=O) groups excluding carboxylic acids is 2. The second kappa shape index (κ2) is 11.7. The molecule has 8 heteroatoms.